The Kier molecular flexibility index (Phi) is 8.73. The predicted molar refractivity (Wildman–Crippen MR) is 119 cm³/mol. The third-order valence-corrected chi connectivity index (χ3v) is 4.53. The molecule has 0 amide bonds. The van der Waals surface area contributed by atoms with Crippen LogP contribution in [-0.4, -0.2) is 38.1 Å². The van der Waals surface area contributed by atoms with E-state index in [1.165, 1.54) is 18.0 Å². The van der Waals surface area contributed by atoms with E-state index in [2.05, 4.69) is 10.0 Å². The molecule has 30 heavy (non-hydrogen) atoms. The second-order valence-electron chi connectivity index (χ2n) is 6.44. The van der Waals surface area contributed by atoms with Crippen molar-refractivity contribution in [3.63, 3.8) is 0 Å². The molecule has 0 atom stereocenters. The molecule has 2 aromatic rings. The Morgan fingerprint density at radius 1 is 1.17 bits per heavy atom. The van der Waals surface area contributed by atoms with Gasteiger partial charge in [-0.3, -0.25) is 4.79 Å². The minimum absolute atomic E-state index is 0.0984. The van der Waals surface area contributed by atoms with Crippen molar-refractivity contribution in [1.29, 1.82) is 0 Å². The smallest absolute Gasteiger partial charge is 0.168 e. The van der Waals surface area contributed by atoms with Crippen molar-refractivity contribution in [1.82, 2.24) is 10.2 Å². The van der Waals surface area contributed by atoms with Gasteiger partial charge in [-0.05, 0) is 36.4 Å². The normalized spacial score (nSPS) is 11.8. The third-order valence-electron chi connectivity index (χ3n) is 3.86. The molecule has 0 fully saturated rings. The van der Waals surface area contributed by atoms with Crippen LogP contribution in [0.4, 0.5) is 14.5 Å². The number of rotatable bonds is 10. The van der Waals surface area contributed by atoms with Crippen LogP contribution in [0.1, 0.15) is 12.5 Å². The van der Waals surface area contributed by atoms with Crippen LogP contribution in [0.15, 0.2) is 54.4 Å². The summed E-state index contributed by atoms with van der Waals surface area (Å²) < 4.78 is 36.5. The van der Waals surface area contributed by atoms with Gasteiger partial charge in [0.25, 0.3) is 0 Å². The molecular weight excluding hydrogens is 408 g/mol. The number of carbonyl (C=O) groups is 1. The lowest BCUT2D eigenvalue weighted by Crippen LogP contribution is -2.09. The van der Waals surface area contributed by atoms with E-state index < -0.39 is 11.6 Å². The van der Waals surface area contributed by atoms with Gasteiger partial charge in [0.2, 0.25) is 0 Å². The molecule has 0 aliphatic heterocycles. The molecule has 0 aliphatic rings. The van der Waals surface area contributed by atoms with Gasteiger partial charge in [0.15, 0.2) is 17.9 Å². The van der Waals surface area contributed by atoms with E-state index in [-0.39, 0.29) is 5.75 Å². The van der Waals surface area contributed by atoms with Crippen LogP contribution in [0.3, 0.4) is 0 Å². The molecule has 0 saturated heterocycles. The predicted octanol–water partition coefficient (Wildman–Crippen LogP) is 5.04. The molecule has 0 saturated carbocycles. The SMILES string of the molecule is CCSNc1ccc(Oc2ccc(F)cc2F)c(C(/C=C(\C=O)NC)=C/N(C)C)c1. The molecule has 0 unspecified atom stereocenters. The second kappa shape index (κ2) is 11.3. The van der Waals surface area contributed by atoms with Crippen molar-refractivity contribution in [3.8, 4) is 11.5 Å². The topological polar surface area (TPSA) is 53.6 Å². The molecule has 0 aromatic heterocycles. The van der Waals surface area contributed by atoms with E-state index in [4.69, 9.17) is 4.74 Å². The van der Waals surface area contributed by atoms with Gasteiger partial charge in [0, 0.05) is 56.0 Å². The standard InChI is InChI=1S/C22H25F2N3O2S/c1-5-30-26-17-7-9-21(29-22-8-6-16(23)11-20(22)24)19(12-17)15(13-27(3)4)10-18(14-28)25-2/h6-14,25-26H,5H2,1-4H3/b15-13+,18-10+. The van der Waals surface area contributed by atoms with Crippen molar-refractivity contribution < 1.29 is 18.3 Å². The molecule has 2 rings (SSSR count). The Labute approximate surface area is 179 Å². The molecule has 2 aromatic carbocycles. The van der Waals surface area contributed by atoms with Crippen molar-refractivity contribution >= 4 is 29.5 Å². The van der Waals surface area contributed by atoms with Crippen LogP contribution < -0.4 is 14.8 Å². The molecule has 0 aliphatic carbocycles. The summed E-state index contributed by atoms with van der Waals surface area (Å²) in [6, 6.07) is 8.50. The fourth-order valence-corrected chi connectivity index (χ4v) is 2.97. The summed E-state index contributed by atoms with van der Waals surface area (Å²) in [7, 11) is 5.35. The fraction of sp³-hybridized carbons (Fsp3) is 0.227. The molecule has 8 heteroatoms. The maximum Gasteiger partial charge on any atom is 0.168 e. The molecule has 160 valence electrons. The van der Waals surface area contributed by atoms with Crippen molar-refractivity contribution in [2.75, 3.05) is 31.6 Å². The number of nitrogens with zero attached hydrogens (tertiary/aromatic N) is 1. The summed E-state index contributed by atoms with van der Waals surface area (Å²) in [6.07, 6.45) is 4.20. The van der Waals surface area contributed by atoms with E-state index in [9.17, 15) is 13.6 Å². The first kappa shape index (κ1) is 23.3. The van der Waals surface area contributed by atoms with Crippen LogP contribution in [0.2, 0.25) is 0 Å². The minimum Gasteiger partial charge on any atom is -0.454 e. The maximum atomic E-state index is 14.2. The lowest BCUT2D eigenvalue weighted by Gasteiger charge is -2.17. The molecule has 0 heterocycles. The van der Waals surface area contributed by atoms with Crippen LogP contribution in [-0.2, 0) is 4.79 Å². The Bertz CT molecular complexity index is 946. The number of hydrogen-bond donors (Lipinski definition) is 2. The highest BCUT2D eigenvalue weighted by Crippen LogP contribution is 2.35. The Morgan fingerprint density at radius 3 is 2.50 bits per heavy atom. The number of nitrogens with one attached hydrogen (secondary N) is 2. The zero-order chi connectivity index (χ0) is 22.1. The van der Waals surface area contributed by atoms with E-state index in [1.54, 1.807) is 25.3 Å². The van der Waals surface area contributed by atoms with Gasteiger partial charge >= 0.3 is 0 Å². The van der Waals surface area contributed by atoms with E-state index >= 15 is 0 Å². The number of likely N-dealkylation sites (N-methyl/N-ethyl adjacent to an activating group) is 1. The fourth-order valence-electron chi connectivity index (χ4n) is 2.54. The van der Waals surface area contributed by atoms with Gasteiger partial charge < -0.3 is 19.7 Å². The van der Waals surface area contributed by atoms with Gasteiger partial charge in [-0.2, -0.15) is 0 Å². The summed E-state index contributed by atoms with van der Waals surface area (Å²) in [5, 5.41) is 2.83. The quantitative estimate of drug-likeness (QED) is 0.237. The number of hydrogen-bond acceptors (Lipinski definition) is 6. The number of ether oxygens (including phenoxy) is 1. The molecular formula is C22H25F2N3O2S. The highest BCUT2D eigenvalue weighted by Gasteiger charge is 2.14. The summed E-state index contributed by atoms with van der Waals surface area (Å²) in [5.41, 5.74) is 2.48. The van der Waals surface area contributed by atoms with Crippen LogP contribution in [0.25, 0.3) is 5.57 Å². The van der Waals surface area contributed by atoms with Crippen molar-refractivity contribution in [2.45, 2.75) is 6.92 Å². The number of aldehydes is 1. The van der Waals surface area contributed by atoms with Gasteiger partial charge in [0.05, 0.1) is 5.70 Å². The van der Waals surface area contributed by atoms with E-state index in [1.807, 2.05) is 38.2 Å². The highest BCUT2D eigenvalue weighted by molar-refractivity contribution is 8.00. The first-order chi connectivity index (χ1) is 14.4. The van der Waals surface area contributed by atoms with Crippen molar-refractivity contribution in [2.24, 2.45) is 0 Å². The van der Waals surface area contributed by atoms with E-state index in [0.717, 1.165) is 23.6 Å². The summed E-state index contributed by atoms with van der Waals surface area (Å²) in [4.78, 5) is 13.2. The molecule has 5 nitrogen and oxygen atoms in total. The minimum atomic E-state index is -0.804. The Balaban J connectivity index is 2.60. The summed E-state index contributed by atoms with van der Waals surface area (Å²) in [5.74, 6) is -0.361. The van der Waals surface area contributed by atoms with Gasteiger partial charge in [-0.1, -0.05) is 18.9 Å². The maximum absolute atomic E-state index is 14.2. The first-order valence-corrected chi connectivity index (χ1v) is 10.2. The van der Waals surface area contributed by atoms with E-state index in [0.29, 0.717) is 28.9 Å². The van der Waals surface area contributed by atoms with Crippen molar-refractivity contribution in [3.05, 3.63) is 71.6 Å². The molecule has 0 bridgehead atoms. The van der Waals surface area contributed by atoms with Gasteiger partial charge in [-0.15, -0.1) is 0 Å². The van der Waals surface area contributed by atoms with Gasteiger partial charge in [-0.25, -0.2) is 8.78 Å². The third kappa shape index (κ3) is 6.52. The zero-order valence-corrected chi connectivity index (χ0v) is 18.1. The molecule has 0 spiro atoms. The largest absolute Gasteiger partial charge is 0.454 e. The number of anilines is 1. The zero-order valence-electron chi connectivity index (χ0n) is 17.3. The lowest BCUT2D eigenvalue weighted by atomic mass is 10.0. The summed E-state index contributed by atoms with van der Waals surface area (Å²) in [6.45, 7) is 2.02. The second-order valence-corrected chi connectivity index (χ2v) is 7.51. The lowest BCUT2D eigenvalue weighted by molar-refractivity contribution is -0.105. The Hall–Kier alpha value is -3.00. The Morgan fingerprint density at radius 2 is 1.90 bits per heavy atom. The number of carbonyl (C=O) groups excluding carboxylic acids is 1. The molecule has 2 N–H and O–H groups in total. The molecule has 0 radical (unpaired) electrons. The monoisotopic (exact) mass is 433 g/mol. The number of halogens is 2. The average molecular weight is 434 g/mol. The average Bonchev–Trinajstić information content (AvgIpc) is 2.72. The number of allylic oxidation sites excluding steroid dienone is 3. The number of benzene rings is 2. The van der Waals surface area contributed by atoms with Gasteiger partial charge in [0.1, 0.15) is 11.6 Å². The van der Waals surface area contributed by atoms with Crippen LogP contribution in [0.5, 0.6) is 11.5 Å². The van der Waals surface area contributed by atoms with Crippen LogP contribution in [0, 0.1) is 11.6 Å². The first-order valence-electron chi connectivity index (χ1n) is 9.26. The van der Waals surface area contributed by atoms with Crippen LogP contribution >= 0.6 is 11.9 Å². The summed E-state index contributed by atoms with van der Waals surface area (Å²) >= 11 is 1.53. The highest BCUT2D eigenvalue weighted by atomic mass is 32.2.